The molecule has 0 saturated carbocycles. The summed E-state index contributed by atoms with van der Waals surface area (Å²) in [6.45, 7) is -0.935. The van der Waals surface area contributed by atoms with Crippen LogP contribution in [0.25, 0.3) is 0 Å². The van der Waals surface area contributed by atoms with E-state index in [0.29, 0.717) is 0 Å². The van der Waals surface area contributed by atoms with Crippen LogP contribution in [-0.4, -0.2) is 45.9 Å². The second-order valence-corrected chi connectivity index (χ2v) is 8.17. The molecule has 0 spiro atoms. The Morgan fingerprint density at radius 1 is 1.17 bits per heavy atom. The maximum Gasteiger partial charge on any atom is 0.341 e. The number of esters is 1. The summed E-state index contributed by atoms with van der Waals surface area (Å²) < 4.78 is 58.1. The molecule has 1 amide bonds. The molecule has 0 unspecified atom stereocenters. The lowest BCUT2D eigenvalue weighted by atomic mass is 10.2. The van der Waals surface area contributed by atoms with Gasteiger partial charge in [-0.2, -0.15) is 0 Å². The Kier molecular flexibility index (Phi) is 7.28. The van der Waals surface area contributed by atoms with Crippen molar-refractivity contribution in [1.29, 1.82) is 0 Å². The fraction of sp³-hybridized carbons (Fsp3) is 0.222. The normalized spacial score (nSPS) is 11.2. The molecule has 29 heavy (non-hydrogen) atoms. The second kappa shape index (κ2) is 9.29. The lowest BCUT2D eigenvalue weighted by Crippen LogP contribution is -2.31. The smallest absolute Gasteiger partial charge is 0.341 e. The average Bonchev–Trinajstić information content (AvgIpc) is 2.68. The Hall–Kier alpha value is -2.56. The summed E-state index contributed by atoms with van der Waals surface area (Å²) in [4.78, 5) is 25.0. The topological polar surface area (TPSA) is 92.8 Å². The first-order chi connectivity index (χ1) is 13.6. The fourth-order valence-corrected chi connectivity index (χ4v) is 3.25. The van der Waals surface area contributed by atoms with Crippen molar-refractivity contribution in [2.45, 2.75) is 11.4 Å². The highest BCUT2D eigenvalue weighted by Crippen LogP contribution is 2.20. The highest BCUT2D eigenvalue weighted by Gasteiger charge is 2.21. The molecule has 0 bridgehead atoms. The third-order valence-electron chi connectivity index (χ3n) is 3.95. The van der Waals surface area contributed by atoms with Gasteiger partial charge in [0.2, 0.25) is 10.0 Å². The van der Waals surface area contributed by atoms with Gasteiger partial charge in [0.05, 0.1) is 10.5 Å². The summed E-state index contributed by atoms with van der Waals surface area (Å²) in [5, 5.41) is 0.131. The Balaban J connectivity index is 2.07. The summed E-state index contributed by atoms with van der Waals surface area (Å²) in [6.07, 6.45) is 0. The number of rotatable bonds is 7. The van der Waals surface area contributed by atoms with Crippen LogP contribution in [0.5, 0.6) is 0 Å². The Bertz CT molecular complexity index is 1030. The molecule has 156 valence electrons. The zero-order chi connectivity index (χ0) is 21.8. The molecule has 2 aromatic rings. The molecule has 1 N–H and O–H groups in total. The van der Waals surface area contributed by atoms with Gasteiger partial charge >= 0.3 is 5.97 Å². The number of ether oxygens (including phenoxy) is 1. The highest BCUT2D eigenvalue weighted by molar-refractivity contribution is 7.89. The molecule has 0 aliphatic heterocycles. The van der Waals surface area contributed by atoms with Crippen molar-refractivity contribution >= 4 is 33.5 Å². The minimum Gasteiger partial charge on any atom is -0.452 e. The number of sulfonamides is 1. The molecule has 0 aliphatic carbocycles. The van der Waals surface area contributed by atoms with Crippen LogP contribution >= 0.6 is 11.6 Å². The van der Waals surface area contributed by atoms with Gasteiger partial charge in [-0.3, -0.25) is 4.79 Å². The van der Waals surface area contributed by atoms with Gasteiger partial charge in [0.25, 0.3) is 5.91 Å². The SMILES string of the molecule is CNS(=O)(=O)c1ccc(F)c(C(=O)OCC(=O)N(C)Cc2c(F)cccc2Cl)c1. The molecule has 0 aliphatic rings. The maximum absolute atomic E-state index is 13.9. The second-order valence-electron chi connectivity index (χ2n) is 5.88. The summed E-state index contributed by atoms with van der Waals surface area (Å²) in [5.74, 6) is -3.53. The first-order valence-electron chi connectivity index (χ1n) is 8.14. The number of benzene rings is 2. The summed E-state index contributed by atoms with van der Waals surface area (Å²) >= 11 is 5.91. The first-order valence-corrected chi connectivity index (χ1v) is 10.00. The molecular weight excluding hydrogens is 430 g/mol. The van der Waals surface area contributed by atoms with Crippen LogP contribution in [0.2, 0.25) is 5.02 Å². The van der Waals surface area contributed by atoms with Crippen LogP contribution in [0.1, 0.15) is 15.9 Å². The molecule has 0 saturated heterocycles. The zero-order valence-electron chi connectivity index (χ0n) is 15.4. The van der Waals surface area contributed by atoms with Crippen LogP contribution in [-0.2, 0) is 26.1 Å². The van der Waals surface area contributed by atoms with Gasteiger partial charge in [0, 0.05) is 24.2 Å². The zero-order valence-corrected chi connectivity index (χ0v) is 17.0. The Morgan fingerprint density at radius 3 is 2.48 bits per heavy atom. The van der Waals surface area contributed by atoms with Crippen molar-refractivity contribution in [1.82, 2.24) is 9.62 Å². The summed E-state index contributed by atoms with van der Waals surface area (Å²) in [5.41, 5.74) is -0.554. The molecule has 0 fully saturated rings. The van der Waals surface area contributed by atoms with Crippen molar-refractivity contribution in [3.63, 3.8) is 0 Å². The van der Waals surface area contributed by atoms with Crippen molar-refractivity contribution in [2.24, 2.45) is 0 Å². The van der Waals surface area contributed by atoms with Gasteiger partial charge in [-0.15, -0.1) is 0 Å². The monoisotopic (exact) mass is 446 g/mol. The number of carbonyl (C=O) groups is 2. The molecule has 0 heterocycles. The van der Waals surface area contributed by atoms with Crippen molar-refractivity contribution < 1.29 is 31.5 Å². The lowest BCUT2D eigenvalue weighted by Gasteiger charge is -2.18. The van der Waals surface area contributed by atoms with E-state index in [0.717, 1.165) is 30.1 Å². The number of likely N-dealkylation sites (N-methyl/N-ethyl adjacent to an activating group) is 1. The van der Waals surface area contributed by atoms with Gasteiger partial charge < -0.3 is 9.64 Å². The van der Waals surface area contributed by atoms with E-state index in [1.165, 1.54) is 25.2 Å². The predicted molar refractivity (Wildman–Crippen MR) is 101 cm³/mol. The average molecular weight is 447 g/mol. The molecule has 7 nitrogen and oxygen atoms in total. The molecule has 0 radical (unpaired) electrons. The lowest BCUT2D eigenvalue weighted by molar-refractivity contribution is -0.133. The van der Waals surface area contributed by atoms with Gasteiger partial charge in [-0.05, 0) is 37.4 Å². The standard InChI is InChI=1S/C18H17ClF2N2O5S/c1-22-29(26,27)11-6-7-16(21)12(8-11)18(25)28-10-17(24)23(2)9-13-14(19)4-3-5-15(13)20/h3-8,22H,9-10H2,1-2H3. The fourth-order valence-electron chi connectivity index (χ4n) is 2.27. The predicted octanol–water partition coefficient (Wildman–Crippen LogP) is 2.34. The third-order valence-corrected chi connectivity index (χ3v) is 5.71. The van der Waals surface area contributed by atoms with E-state index >= 15 is 0 Å². The molecule has 0 aromatic heterocycles. The van der Waals surface area contributed by atoms with E-state index in [9.17, 15) is 26.8 Å². The van der Waals surface area contributed by atoms with E-state index in [1.807, 2.05) is 4.72 Å². The minimum atomic E-state index is -3.91. The molecule has 2 rings (SSSR count). The number of carbonyl (C=O) groups excluding carboxylic acids is 2. The molecule has 11 heteroatoms. The number of amides is 1. The first kappa shape index (κ1) is 22.7. The number of nitrogens with one attached hydrogen (secondary N) is 1. The van der Waals surface area contributed by atoms with E-state index in [2.05, 4.69) is 0 Å². The Morgan fingerprint density at radius 2 is 1.86 bits per heavy atom. The molecule has 0 atom stereocenters. The van der Waals surface area contributed by atoms with Crippen molar-refractivity contribution in [3.8, 4) is 0 Å². The quantitative estimate of drug-likeness (QED) is 0.659. The van der Waals surface area contributed by atoms with E-state index in [1.54, 1.807) is 0 Å². The van der Waals surface area contributed by atoms with Crippen LogP contribution in [0, 0.1) is 11.6 Å². The minimum absolute atomic E-state index is 0.0901. The number of hydrogen-bond donors (Lipinski definition) is 1. The van der Waals surface area contributed by atoms with E-state index in [-0.39, 0.29) is 22.0 Å². The van der Waals surface area contributed by atoms with Crippen molar-refractivity contribution in [3.05, 3.63) is 64.2 Å². The van der Waals surface area contributed by atoms with Gasteiger partial charge in [-0.1, -0.05) is 17.7 Å². The highest BCUT2D eigenvalue weighted by atomic mass is 35.5. The van der Waals surface area contributed by atoms with E-state index in [4.69, 9.17) is 16.3 Å². The Labute approximate surface area is 171 Å². The number of nitrogens with zero attached hydrogens (tertiary/aromatic N) is 1. The largest absolute Gasteiger partial charge is 0.452 e. The maximum atomic E-state index is 13.9. The third kappa shape index (κ3) is 5.49. The van der Waals surface area contributed by atoms with Gasteiger partial charge in [0.15, 0.2) is 6.61 Å². The van der Waals surface area contributed by atoms with Gasteiger partial charge in [0.1, 0.15) is 11.6 Å². The van der Waals surface area contributed by atoms with Crippen molar-refractivity contribution in [2.75, 3.05) is 20.7 Å². The van der Waals surface area contributed by atoms with Crippen LogP contribution in [0.3, 0.4) is 0 Å². The van der Waals surface area contributed by atoms with Crippen LogP contribution in [0.4, 0.5) is 8.78 Å². The molecule has 2 aromatic carbocycles. The summed E-state index contributed by atoms with van der Waals surface area (Å²) in [6, 6.07) is 6.66. The molecular formula is C18H17ClF2N2O5S. The van der Waals surface area contributed by atoms with Crippen LogP contribution in [0.15, 0.2) is 41.3 Å². The van der Waals surface area contributed by atoms with Crippen LogP contribution < -0.4 is 4.72 Å². The summed E-state index contributed by atoms with van der Waals surface area (Å²) in [7, 11) is -1.40. The number of hydrogen-bond acceptors (Lipinski definition) is 5. The van der Waals surface area contributed by atoms with E-state index < -0.39 is 45.7 Å². The number of halogens is 3. The van der Waals surface area contributed by atoms with Gasteiger partial charge in [-0.25, -0.2) is 26.7 Å².